The Balaban J connectivity index is 2.65. The van der Waals surface area contributed by atoms with E-state index in [1.807, 2.05) is 0 Å². The smallest absolute Gasteiger partial charge is 0.257 e. The molecule has 1 aliphatic heterocycles. The topological polar surface area (TPSA) is 127 Å². The summed E-state index contributed by atoms with van der Waals surface area (Å²) in [4.78, 5) is 23.0. The average Bonchev–Trinajstić information content (AvgIpc) is 2.71. The average molecular weight is 233 g/mol. The number of carbonyl (C=O) groups is 2. The largest absolute Gasteiger partial charge is 0.384 e. The summed E-state index contributed by atoms with van der Waals surface area (Å²) < 4.78 is 1.47. The molecule has 1 aliphatic rings. The maximum Gasteiger partial charge on any atom is 0.257 e. The second-order valence-corrected chi connectivity index (χ2v) is 3.56. The zero-order valence-electron chi connectivity index (χ0n) is 8.81. The Bertz CT molecular complexity index is 543. The summed E-state index contributed by atoms with van der Waals surface area (Å²) in [6, 6.07) is 2.36. The fraction of sp³-hybridized carbons (Fsp3) is 0.100. The van der Waals surface area contributed by atoms with Gasteiger partial charge >= 0.3 is 0 Å². The number of hydrogen-bond acceptors (Lipinski definition) is 4. The highest BCUT2D eigenvalue weighted by atomic mass is 16.2. The number of aromatic nitrogens is 1. The molecular weight excluding hydrogens is 222 g/mol. The van der Waals surface area contributed by atoms with Gasteiger partial charge < -0.3 is 26.8 Å². The zero-order chi connectivity index (χ0) is 12.6. The second-order valence-electron chi connectivity index (χ2n) is 3.56. The van der Waals surface area contributed by atoms with Crippen molar-refractivity contribution in [2.75, 3.05) is 0 Å². The molecule has 17 heavy (non-hydrogen) atoms. The summed E-state index contributed by atoms with van der Waals surface area (Å²) in [6.45, 7) is 0. The van der Waals surface area contributed by atoms with E-state index < -0.39 is 17.9 Å². The SMILES string of the molecule is N=CC1=C(N)n2cccc2C(C(N)=O)NC1=O. The van der Waals surface area contributed by atoms with E-state index in [1.165, 1.54) is 4.57 Å². The molecule has 0 bridgehead atoms. The number of amides is 2. The van der Waals surface area contributed by atoms with Crippen LogP contribution in [-0.4, -0.2) is 22.6 Å². The van der Waals surface area contributed by atoms with Crippen LogP contribution in [0.4, 0.5) is 0 Å². The van der Waals surface area contributed by atoms with Gasteiger partial charge in [0, 0.05) is 12.4 Å². The number of nitrogens with one attached hydrogen (secondary N) is 2. The number of nitrogens with zero attached hydrogens (tertiary/aromatic N) is 1. The maximum absolute atomic E-state index is 11.7. The molecule has 7 nitrogen and oxygen atoms in total. The molecule has 2 heterocycles. The molecule has 88 valence electrons. The van der Waals surface area contributed by atoms with E-state index in [4.69, 9.17) is 16.9 Å². The van der Waals surface area contributed by atoms with Gasteiger partial charge in [-0.2, -0.15) is 0 Å². The predicted molar refractivity (Wildman–Crippen MR) is 60.7 cm³/mol. The van der Waals surface area contributed by atoms with Crippen LogP contribution in [0.25, 0.3) is 5.82 Å². The molecule has 2 rings (SSSR count). The summed E-state index contributed by atoms with van der Waals surface area (Å²) in [6.07, 6.45) is 2.45. The van der Waals surface area contributed by atoms with E-state index in [2.05, 4.69) is 5.32 Å². The highest BCUT2D eigenvalue weighted by molar-refractivity contribution is 6.16. The molecule has 2 amide bonds. The van der Waals surface area contributed by atoms with Crippen molar-refractivity contribution in [1.29, 1.82) is 5.41 Å². The Morgan fingerprint density at radius 3 is 2.88 bits per heavy atom. The van der Waals surface area contributed by atoms with Gasteiger partial charge in [-0.15, -0.1) is 0 Å². The monoisotopic (exact) mass is 233 g/mol. The molecule has 0 saturated heterocycles. The number of fused-ring (bicyclic) bond motifs is 1. The fourth-order valence-corrected chi connectivity index (χ4v) is 1.73. The first kappa shape index (κ1) is 10.9. The van der Waals surface area contributed by atoms with Crippen molar-refractivity contribution in [1.82, 2.24) is 9.88 Å². The molecule has 6 N–H and O–H groups in total. The third kappa shape index (κ3) is 1.57. The molecule has 0 radical (unpaired) electrons. The summed E-state index contributed by atoms with van der Waals surface area (Å²) in [7, 11) is 0. The lowest BCUT2D eigenvalue weighted by Gasteiger charge is -2.13. The molecule has 1 aromatic heterocycles. The first-order valence-corrected chi connectivity index (χ1v) is 4.84. The van der Waals surface area contributed by atoms with Gasteiger partial charge in [-0.25, -0.2) is 0 Å². The van der Waals surface area contributed by atoms with Crippen molar-refractivity contribution in [3.05, 3.63) is 29.6 Å². The van der Waals surface area contributed by atoms with E-state index in [-0.39, 0.29) is 11.4 Å². The normalized spacial score (nSPS) is 19.3. The van der Waals surface area contributed by atoms with Gasteiger partial charge in [-0.1, -0.05) is 0 Å². The van der Waals surface area contributed by atoms with Crippen LogP contribution in [0.1, 0.15) is 11.7 Å². The lowest BCUT2D eigenvalue weighted by Crippen LogP contribution is -2.37. The van der Waals surface area contributed by atoms with Crippen LogP contribution in [-0.2, 0) is 9.59 Å². The molecule has 0 spiro atoms. The maximum atomic E-state index is 11.7. The van der Waals surface area contributed by atoms with Crippen LogP contribution in [0.15, 0.2) is 23.9 Å². The van der Waals surface area contributed by atoms with Gasteiger partial charge in [-0.05, 0) is 12.1 Å². The Kier molecular flexibility index (Phi) is 2.43. The summed E-state index contributed by atoms with van der Waals surface area (Å²) >= 11 is 0. The second kappa shape index (κ2) is 3.78. The predicted octanol–water partition coefficient (Wildman–Crippen LogP) is -1.08. The van der Waals surface area contributed by atoms with E-state index in [0.717, 1.165) is 6.21 Å². The number of hydrogen-bond donors (Lipinski definition) is 4. The van der Waals surface area contributed by atoms with Gasteiger partial charge in [0.05, 0.1) is 11.3 Å². The minimum atomic E-state index is -0.950. The van der Waals surface area contributed by atoms with Gasteiger partial charge in [0.2, 0.25) is 5.91 Å². The third-order valence-corrected chi connectivity index (χ3v) is 2.56. The van der Waals surface area contributed by atoms with Crippen molar-refractivity contribution < 1.29 is 9.59 Å². The molecule has 0 aliphatic carbocycles. The fourth-order valence-electron chi connectivity index (χ4n) is 1.73. The molecular formula is C10H11N5O2. The summed E-state index contributed by atoms with van der Waals surface area (Å²) in [5.74, 6) is -1.18. The highest BCUT2D eigenvalue weighted by Gasteiger charge is 2.29. The Hall–Kier alpha value is -2.57. The van der Waals surface area contributed by atoms with Crippen molar-refractivity contribution in [3.8, 4) is 0 Å². The van der Waals surface area contributed by atoms with Crippen molar-refractivity contribution >= 4 is 23.8 Å². The van der Waals surface area contributed by atoms with Crippen molar-refractivity contribution in [3.63, 3.8) is 0 Å². The zero-order valence-corrected chi connectivity index (χ0v) is 8.81. The Morgan fingerprint density at radius 2 is 2.29 bits per heavy atom. The van der Waals surface area contributed by atoms with Crippen molar-refractivity contribution in [2.24, 2.45) is 11.5 Å². The molecule has 0 aromatic carbocycles. The standard InChI is InChI=1S/C10H11N5O2/c11-4-5-8(12)15-3-1-2-6(15)7(9(13)16)14-10(5)17/h1-4,7,11H,12H2,(H2,13,16)(H,14,17). The van der Waals surface area contributed by atoms with Gasteiger partial charge in [0.15, 0.2) is 0 Å². The van der Waals surface area contributed by atoms with E-state index in [1.54, 1.807) is 18.3 Å². The van der Waals surface area contributed by atoms with E-state index >= 15 is 0 Å². The van der Waals surface area contributed by atoms with Crippen LogP contribution in [0.3, 0.4) is 0 Å². The Morgan fingerprint density at radius 1 is 1.59 bits per heavy atom. The van der Waals surface area contributed by atoms with Crippen LogP contribution in [0, 0.1) is 5.41 Å². The quantitative estimate of drug-likeness (QED) is 0.485. The van der Waals surface area contributed by atoms with Crippen LogP contribution < -0.4 is 16.8 Å². The molecule has 1 unspecified atom stereocenters. The van der Waals surface area contributed by atoms with Crippen LogP contribution in [0.2, 0.25) is 0 Å². The number of nitrogens with two attached hydrogens (primary N) is 2. The minimum Gasteiger partial charge on any atom is -0.384 e. The van der Waals surface area contributed by atoms with Gasteiger partial charge in [0.1, 0.15) is 11.9 Å². The third-order valence-electron chi connectivity index (χ3n) is 2.56. The number of primary amides is 1. The number of rotatable bonds is 2. The van der Waals surface area contributed by atoms with E-state index in [0.29, 0.717) is 5.69 Å². The molecule has 0 fully saturated rings. The van der Waals surface area contributed by atoms with Crippen LogP contribution in [0.5, 0.6) is 0 Å². The lowest BCUT2D eigenvalue weighted by atomic mass is 10.2. The van der Waals surface area contributed by atoms with Gasteiger partial charge in [-0.3, -0.25) is 9.59 Å². The lowest BCUT2D eigenvalue weighted by molar-refractivity contribution is -0.125. The summed E-state index contributed by atoms with van der Waals surface area (Å²) in [5.41, 5.74) is 11.5. The van der Waals surface area contributed by atoms with Crippen LogP contribution >= 0.6 is 0 Å². The minimum absolute atomic E-state index is 0.00815. The van der Waals surface area contributed by atoms with Gasteiger partial charge in [0.25, 0.3) is 5.91 Å². The first-order valence-electron chi connectivity index (χ1n) is 4.84. The molecule has 1 atom stereocenters. The van der Waals surface area contributed by atoms with E-state index in [9.17, 15) is 9.59 Å². The first-order chi connectivity index (χ1) is 8.06. The Labute approximate surface area is 96.6 Å². The van der Waals surface area contributed by atoms with Crippen molar-refractivity contribution in [2.45, 2.75) is 6.04 Å². The summed E-state index contributed by atoms with van der Waals surface area (Å²) in [5, 5.41) is 9.60. The molecule has 7 heteroatoms. The molecule has 1 aromatic rings. The highest BCUT2D eigenvalue weighted by Crippen LogP contribution is 2.21. The molecule has 0 saturated carbocycles. The number of carbonyl (C=O) groups excluding carboxylic acids is 2.